The van der Waals surface area contributed by atoms with E-state index in [1.165, 1.54) is 16.7 Å². The smallest absolute Gasteiger partial charge is 0.0294 e. The van der Waals surface area contributed by atoms with E-state index in [0.717, 1.165) is 11.0 Å². The highest BCUT2D eigenvalue weighted by molar-refractivity contribution is 9.10. The van der Waals surface area contributed by atoms with Crippen LogP contribution in [0.2, 0.25) is 0 Å². The zero-order valence-electron chi connectivity index (χ0n) is 10.8. The number of benzene rings is 2. The number of hydrogen-bond donors (Lipinski definition) is 1. The molecule has 0 saturated carbocycles. The molecule has 2 aromatic rings. The van der Waals surface area contributed by atoms with Crippen LogP contribution in [0.3, 0.4) is 0 Å². The Labute approximate surface area is 117 Å². The van der Waals surface area contributed by atoms with Gasteiger partial charge in [0.05, 0.1) is 0 Å². The third kappa shape index (κ3) is 3.44. The molecule has 0 spiro atoms. The maximum atomic E-state index is 3.57. The molecule has 0 saturated heterocycles. The molecule has 2 rings (SSSR count). The highest BCUT2D eigenvalue weighted by Gasteiger charge is 2.05. The Balaban J connectivity index is 1.98. The van der Waals surface area contributed by atoms with Crippen molar-refractivity contribution in [1.82, 2.24) is 5.32 Å². The molecule has 0 amide bonds. The lowest BCUT2D eigenvalue weighted by Crippen LogP contribution is -2.18. The molecule has 0 aliphatic rings. The third-order valence-electron chi connectivity index (χ3n) is 3.13. The van der Waals surface area contributed by atoms with Crippen LogP contribution in [0.15, 0.2) is 53.0 Å². The van der Waals surface area contributed by atoms with Crippen molar-refractivity contribution < 1.29 is 0 Å². The molecular formula is C16H18BrN. The number of rotatable bonds is 4. The van der Waals surface area contributed by atoms with Crippen molar-refractivity contribution in [3.05, 3.63) is 69.7 Å². The number of nitrogens with one attached hydrogen (secondary N) is 1. The van der Waals surface area contributed by atoms with Gasteiger partial charge in [0.25, 0.3) is 0 Å². The van der Waals surface area contributed by atoms with E-state index in [1.54, 1.807) is 0 Å². The molecule has 0 radical (unpaired) electrons. The van der Waals surface area contributed by atoms with Crippen molar-refractivity contribution in [3.8, 4) is 0 Å². The van der Waals surface area contributed by atoms with E-state index in [9.17, 15) is 0 Å². The Kier molecular flexibility index (Phi) is 4.56. The molecule has 0 fully saturated rings. The first-order valence-corrected chi connectivity index (χ1v) is 6.99. The molecule has 1 atom stereocenters. The lowest BCUT2D eigenvalue weighted by molar-refractivity contribution is 0.573. The average molecular weight is 304 g/mol. The van der Waals surface area contributed by atoms with Crippen molar-refractivity contribution in [3.63, 3.8) is 0 Å². The molecule has 0 aromatic heterocycles. The maximum Gasteiger partial charge on any atom is 0.0294 e. The van der Waals surface area contributed by atoms with Crippen LogP contribution in [-0.4, -0.2) is 0 Å². The zero-order chi connectivity index (χ0) is 13.0. The van der Waals surface area contributed by atoms with Gasteiger partial charge in [-0.15, -0.1) is 0 Å². The lowest BCUT2D eigenvalue weighted by Gasteiger charge is -2.15. The minimum Gasteiger partial charge on any atom is -0.306 e. The van der Waals surface area contributed by atoms with Gasteiger partial charge in [-0.25, -0.2) is 0 Å². The molecule has 18 heavy (non-hydrogen) atoms. The minimum atomic E-state index is 0.359. The van der Waals surface area contributed by atoms with Crippen molar-refractivity contribution in [2.75, 3.05) is 0 Å². The summed E-state index contributed by atoms with van der Waals surface area (Å²) in [5.74, 6) is 0. The van der Waals surface area contributed by atoms with Gasteiger partial charge in [0, 0.05) is 17.1 Å². The minimum absolute atomic E-state index is 0.359. The Morgan fingerprint density at radius 3 is 2.39 bits per heavy atom. The molecule has 94 valence electrons. The predicted octanol–water partition coefficient (Wildman–Crippen LogP) is 4.61. The molecule has 0 heterocycles. The van der Waals surface area contributed by atoms with E-state index < -0.39 is 0 Å². The summed E-state index contributed by atoms with van der Waals surface area (Å²) in [5, 5.41) is 3.55. The second kappa shape index (κ2) is 6.17. The van der Waals surface area contributed by atoms with Gasteiger partial charge in [-0.1, -0.05) is 64.0 Å². The van der Waals surface area contributed by atoms with Gasteiger partial charge in [-0.05, 0) is 31.0 Å². The molecule has 2 aromatic carbocycles. The summed E-state index contributed by atoms with van der Waals surface area (Å²) in [7, 11) is 0. The summed E-state index contributed by atoms with van der Waals surface area (Å²) in [4.78, 5) is 0. The molecule has 0 aliphatic carbocycles. The van der Waals surface area contributed by atoms with Crippen LogP contribution in [0, 0.1) is 6.92 Å². The first kappa shape index (κ1) is 13.3. The van der Waals surface area contributed by atoms with Crippen LogP contribution in [0.4, 0.5) is 0 Å². The molecule has 2 heteroatoms. The largest absolute Gasteiger partial charge is 0.306 e. The maximum absolute atomic E-state index is 3.57. The topological polar surface area (TPSA) is 12.0 Å². The predicted molar refractivity (Wildman–Crippen MR) is 80.6 cm³/mol. The van der Waals surface area contributed by atoms with Crippen LogP contribution in [-0.2, 0) is 6.54 Å². The van der Waals surface area contributed by atoms with E-state index in [0.29, 0.717) is 6.04 Å². The SMILES string of the molecule is Cc1ccc([C@H](C)NCc2ccccc2Br)cc1. The number of hydrogen-bond acceptors (Lipinski definition) is 1. The fraction of sp³-hybridized carbons (Fsp3) is 0.250. The van der Waals surface area contributed by atoms with Crippen molar-refractivity contribution in [2.45, 2.75) is 26.4 Å². The standard InChI is InChI=1S/C16H18BrN/c1-12-7-9-14(10-8-12)13(2)18-11-15-5-3-4-6-16(15)17/h3-10,13,18H,11H2,1-2H3/t13-/m0/s1. The van der Waals surface area contributed by atoms with Gasteiger partial charge in [-0.3, -0.25) is 0 Å². The summed E-state index contributed by atoms with van der Waals surface area (Å²) >= 11 is 3.57. The Hall–Kier alpha value is -1.12. The van der Waals surface area contributed by atoms with Gasteiger partial charge in [0.15, 0.2) is 0 Å². The van der Waals surface area contributed by atoms with Gasteiger partial charge in [0.2, 0.25) is 0 Å². The van der Waals surface area contributed by atoms with Crippen molar-refractivity contribution >= 4 is 15.9 Å². The Morgan fingerprint density at radius 2 is 1.72 bits per heavy atom. The quantitative estimate of drug-likeness (QED) is 0.870. The van der Waals surface area contributed by atoms with E-state index in [2.05, 4.69) is 77.6 Å². The lowest BCUT2D eigenvalue weighted by atomic mass is 10.1. The van der Waals surface area contributed by atoms with Gasteiger partial charge >= 0.3 is 0 Å². The van der Waals surface area contributed by atoms with Crippen LogP contribution in [0.1, 0.15) is 29.7 Å². The summed E-state index contributed by atoms with van der Waals surface area (Å²) in [6.45, 7) is 5.18. The normalized spacial score (nSPS) is 12.4. The second-order valence-corrected chi connectivity index (χ2v) is 5.46. The summed E-state index contributed by atoms with van der Waals surface area (Å²) in [6.07, 6.45) is 0. The third-order valence-corrected chi connectivity index (χ3v) is 3.91. The zero-order valence-corrected chi connectivity index (χ0v) is 12.4. The van der Waals surface area contributed by atoms with Gasteiger partial charge < -0.3 is 5.32 Å². The van der Waals surface area contributed by atoms with Crippen molar-refractivity contribution in [2.24, 2.45) is 0 Å². The molecule has 1 N–H and O–H groups in total. The van der Waals surface area contributed by atoms with E-state index >= 15 is 0 Å². The molecule has 1 nitrogen and oxygen atoms in total. The second-order valence-electron chi connectivity index (χ2n) is 4.60. The molecular weight excluding hydrogens is 286 g/mol. The van der Waals surface area contributed by atoms with Gasteiger partial charge in [-0.2, -0.15) is 0 Å². The highest BCUT2D eigenvalue weighted by atomic mass is 79.9. The Bertz CT molecular complexity index is 505. The summed E-state index contributed by atoms with van der Waals surface area (Å²) in [6, 6.07) is 17.4. The highest BCUT2D eigenvalue weighted by Crippen LogP contribution is 2.18. The van der Waals surface area contributed by atoms with Gasteiger partial charge in [0.1, 0.15) is 0 Å². The Morgan fingerprint density at radius 1 is 1.06 bits per heavy atom. The first-order valence-electron chi connectivity index (χ1n) is 6.20. The number of aryl methyl sites for hydroxylation is 1. The van der Waals surface area contributed by atoms with E-state index in [1.807, 2.05) is 6.07 Å². The first-order chi connectivity index (χ1) is 8.66. The van der Waals surface area contributed by atoms with Crippen LogP contribution in [0.25, 0.3) is 0 Å². The molecule has 0 unspecified atom stereocenters. The monoisotopic (exact) mass is 303 g/mol. The average Bonchev–Trinajstić information content (AvgIpc) is 2.38. The summed E-state index contributed by atoms with van der Waals surface area (Å²) < 4.78 is 1.16. The van der Waals surface area contributed by atoms with E-state index in [4.69, 9.17) is 0 Å². The fourth-order valence-corrected chi connectivity index (χ4v) is 2.30. The van der Waals surface area contributed by atoms with Crippen molar-refractivity contribution in [1.29, 1.82) is 0 Å². The molecule has 0 aliphatic heterocycles. The van der Waals surface area contributed by atoms with Crippen LogP contribution >= 0.6 is 15.9 Å². The van der Waals surface area contributed by atoms with Crippen LogP contribution < -0.4 is 5.32 Å². The number of halogens is 1. The summed E-state index contributed by atoms with van der Waals surface area (Å²) in [5.41, 5.74) is 3.92. The fourth-order valence-electron chi connectivity index (χ4n) is 1.88. The van der Waals surface area contributed by atoms with Crippen LogP contribution in [0.5, 0.6) is 0 Å². The van der Waals surface area contributed by atoms with E-state index in [-0.39, 0.29) is 0 Å². The molecule has 0 bridgehead atoms.